The van der Waals surface area contributed by atoms with Gasteiger partial charge in [-0.1, -0.05) is 0 Å². The lowest BCUT2D eigenvalue weighted by atomic mass is 9.97. The number of carbonyl (C=O) groups excluding carboxylic acids is 1. The first-order valence-corrected chi connectivity index (χ1v) is 5.77. The number of likely N-dealkylation sites (N-methyl/N-ethyl adjacent to an activating group) is 1. The molecule has 1 aliphatic carbocycles. The zero-order chi connectivity index (χ0) is 12.0. The second-order valence-electron chi connectivity index (χ2n) is 4.79. The number of hydrogen-bond acceptors (Lipinski definition) is 4. The van der Waals surface area contributed by atoms with Crippen LogP contribution >= 0.6 is 0 Å². The van der Waals surface area contributed by atoms with E-state index in [1.54, 1.807) is 18.1 Å². The smallest absolute Gasteiger partial charge is 0.269 e. The van der Waals surface area contributed by atoms with Gasteiger partial charge in [-0.25, -0.2) is 4.98 Å². The Bertz CT molecular complexity index is 471. The molecule has 0 saturated heterocycles. The molecule has 1 amide bonds. The molecule has 1 unspecified atom stereocenters. The van der Waals surface area contributed by atoms with Crippen molar-refractivity contribution in [3.63, 3.8) is 0 Å². The molecule has 0 spiro atoms. The fourth-order valence-corrected chi connectivity index (χ4v) is 2.30. The third-order valence-electron chi connectivity index (χ3n) is 3.72. The third kappa shape index (κ3) is 1.42. The molecule has 0 bridgehead atoms. The number of nitrogens with two attached hydrogens (primary N) is 1. The number of fused-ring (bicyclic) bond motifs is 1. The van der Waals surface area contributed by atoms with E-state index in [1.165, 1.54) is 0 Å². The molecule has 2 aliphatic rings. The van der Waals surface area contributed by atoms with Gasteiger partial charge < -0.3 is 10.5 Å². The highest BCUT2D eigenvalue weighted by atomic mass is 16.5. The van der Waals surface area contributed by atoms with Gasteiger partial charge >= 0.3 is 0 Å². The predicted molar refractivity (Wildman–Crippen MR) is 62.8 cm³/mol. The maximum atomic E-state index is 12.2. The van der Waals surface area contributed by atoms with Gasteiger partial charge in [0.2, 0.25) is 0 Å². The molecular weight excluding hydrogens is 218 g/mol. The highest BCUT2D eigenvalue weighted by Crippen LogP contribution is 2.51. The maximum absolute atomic E-state index is 12.2. The molecule has 1 aromatic rings. The summed E-state index contributed by atoms with van der Waals surface area (Å²) in [4.78, 5) is 18.0. The molecule has 1 aliphatic heterocycles. The van der Waals surface area contributed by atoms with E-state index >= 15 is 0 Å². The average Bonchev–Trinajstić information content (AvgIpc) is 3.15. The standard InChI is InChI=1S/C12H15N3O2/c1-15-10-8(3-2-6-14-10)17-9(11(15)16)12(7-13)4-5-12/h2-3,6,9H,4-5,7,13H2,1H3. The van der Waals surface area contributed by atoms with Gasteiger partial charge in [-0.05, 0) is 25.0 Å². The third-order valence-corrected chi connectivity index (χ3v) is 3.72. The van der Waals surface area contributed by atoms with E-state index in [4.69, 9.17) is 10.5 Å². The van der Waals surface area contributed by atoms with Gasteiger partial charge in [0.25, 0.3) is 5.91 Å². The van der Waals surface area contributed by atoms with Crippen LogP contribution in [-0.2, 0) is 4.79 Å². The molecule has 3 rings (SSSR count). The van der Waals surface area contributed by atoms with Crippen LogP contribution in [0.1, 0.15) is 12.8 Å². The number of ether oxygens (including phenoxy) is 1. The quantitative estimate of drug-likeness (QED) is 0.809. The Hall–Kier alpha value is -1.62. The van der Waals surface area contributed by atoms with Crippen LogP contribution in [0.4, 0.5) is 5.82 Å². The number of hydrogen-bond donors (Lipinski definition) is 1. The van der Waals surface area contributed by atoms with E-state index in [0.29, 0.717) is 18.1 Å². The number of rotatable bonds is 2. The highest BCUT2D eigenvalue weighted by molar-refractivity contribution is 5.99. The van der Waals surface area contributed by atoms with Crippen LogP contribution in [0.3, 0.4) is 0 Å². The summed E-state index contributed by atoms with van der Waals surface area (Å²) >= 11 is 0. The van der Waals surface area contributed by atoms with E-state index in [2.05, 4.69) is 4.98 Å². The van der Waals surface area contributed by atoms with Gasteiger partial charge in [-0.3, -0.25) is 9.69 Å². The topological polar surface area (TPSA) is 68.5 Å². The summed E-state index contributed by atoms with van der Waals surface area (Å²) < 4.78 is 5.80. The summed E-state index contributed by atoms with van der Waals surface area (Å²) in [5.41, 5.74) is 5.61. The van der Waals surface area contributed by atoms with Gasteiger partial charge in [0.05, 0.1) is 0 Å². The minimum Gasteiger partial charge on any atom is -0.476 e. The van der Waals surface area contributed by atoms with Crippen molar-refractivity contribution in [2.75, 3.05) is 18.5 Å². The van der Waals surface area contributed by atoms with Crippen LogP contribution < -0.4 is 15.4 Å². The minimum atomic E-state index is -0.450. The minimum absolute atomic E-state index is 0.0425. The van der Waals surface area contributed by atoms with Crippen molar-refractivity contribution in [2.24, 2.45) is 11.1 Å². The number of pyridine rings is 1. The van der Waals surface area contributed by atoms with Crippen molar-refractivity contribution in [2.45, 2.75) is 18.9 Å². The van der Waals surface area contributed by atoms with Crippen molar-refractivity contribution in [3.05, 3.63) is 18.3 Å². The summed E-state index contributed by atoms with van der Waals surface area (Å²) in [7, 11) is 1.73. The molecule has 0 radical (unpaired) electrons. The Morgan fingerprint density at radius 2 is 2.41 bits per heavy atom. The second kappa shape index (κ2) is 3.43. The Morgan fingerprint density at radius 1 is 1.65 bits per heavy atom. The van der Waals surface area contributed by atoms with Crippen LogP contribution in [0.5, 0.6) is 5.75 Å². The van der Waals surface area contributed by atoms with Crippen molar-refractivity contribution in [3.8, 4) is 5.75 Å². The molecule has 1 atom stereocenters. The van der Waals surface area contributed by atoms with Crippen LogP contribution in [-0.4, -0.2) is 30.6 Å². The molecule has 5 nitrogen and oxygen atoms in total. The van der Waals surface area contributed by atoms with E-state index in [1.807, 2.05) is 12.1 Å². The van der Waals surface area contributed by atoms with E-state index < -0.39 is 6.10 Å². The number of amides is 1. The molecule has 2 heterocycles. The molecule has 0 aromatic carbocycles. The first-order chi connectivity index (χ1) is 8.18. The number of nitrogens with zero attached hydrogens (tertiary/aromatic N) is 2. The highest BCUT2D eigenvalue weighted by Gasteiger charge is 2.55. The van der Waals surface area contributed by atoms with Crippen LogP contribution in [0.2, 0.25) is 0 Å². The van der Waals surface area contributed by atoms with E-state index in [9.17, 15) is 4.79 Å². The SMILES string of the molecule is CN1C(=O)C(C2(CN)CC2)Oc2cccnc21. The number of carbonyl (C=O) groups is 1. The van der Waals surface area contributed by atoms with Crippen molar-refractivity contribution in [1.29, 1.82) is 0 Å². The number of aromatic nitrogens is 1. The van der Waals surface area contributed by atoms with Gasteiger partial charge in [0.15, 0.2) is 17.7 Å². The number of anilines is 1. The fourth-order valence-electron chi connectivity index (χ4n) is 2.30. The molecule has 1 fully saturated rings. The van der Waals surface area contributed by atoms with Crippen LogP contribution in [0.15, 0.2) is 18.3 Å². The Labute approximate surface area is 99.6 Å². The zero-order valence-corrected chi connectivity index (χ0v) is 9.72. The van der Waals surface area contributed by atoms with E-state index in [0.717, 1.165) is 12.8 Å². The molecule has 5 heteroatoms. The lowest BCUT2D eigenvalue weighted by molar-refractivity contribution is -0.129. The van der Waals surface area contributed by atoms with Gasteiger partial charge in [-0.15, -0.1) is 0 Å². The molecule has 90 valence electrons. The van der Waals surface area contributed by atoms with E-state index in [-0.39, 0.29) is 11.3 Å². The van der Waals surface area contributed by atoms with Crippen molar-refractivity contribution < 1.29 is 9.53 Å². The van der Waals surface area contributed by atoms with Gasteiger partial charge in [-0.2, -0.15) is 0 Å². The van der Waals surface area contributed by atoms with Gasteiger partial charge in [0.1, 0.15) is 0 Å². The molecular formula is C12H15N3O2. The summed E-state index contributed by atoms with van der Waals surface area (Å²) in [5.74, 6) is 1.21. The van der Waals surface area contributed by atoms with Crippen LogP contribution in [0.25, 0.3) is 0 Å². The summed E-state index contributed by atoms with van der Waals surface area (Å²) in [6, 6.07) is 3.65. The van der Waals surface area contributed by atoms with Gasteiger partial charge in [0, 0.05) is 25.2 Å². The average molecular weight is 233 g/mol. The Kier molecular flexibility index (Phi) is 2.13. The zero-order valence-electron chi connectivity index (χ0n) is 9.72. The fraction of sp³-hybridized carbons (Fsp3) is 0.500. The predicted octanol–water partition coefficient (Wildman–Crippen LogP) is 0.544. The largest absolute Gasteiger partial charge is 0.476 e. The lowest BCUT2D eigenvalue weighted by Gasteiger charge is -2.34. The van der Waals surface area contributed by atoms with Crippen LogP contribution in [0, 0.1) is 5.41 Å². The summed E-state index contributed by atoms with van der Waals surface area (Å²) in [6.45, 7) is 0.493. The molecule has 17 heavy (non-hydrogen) atoms. The summed E-state index contributed by atoms with van der Waals surface area (Å²) in [6.07, 6.45) is 3.13. The Morgan fingerprint density at radius 3 is 3.06 bits per heavy atom. The molecule has 1 aromatic heterocycles. The molecule has 2 N–H and O–H groups in total. The summed E-state index contributed by atoms with van der Waals surface area (Å²) in [5, 5.41) is 0. The first kappa shape index (κ1) is 10.5. The normalized spacial score (nSPS) is 25.2. The first-order valence-electron chi connectivity index (χ1n) is 5.77. The second-order valence-corrected chi connectivity index (χ2v) is 4.79. The lowest BCUT2D eigenvalue weighted by Crippen LogP contribution is -2.50. The maximum Gasteiger partial charge on any atom is 0.269 e. The monoisotopic (exact) mass is 233 g/mol. The van der Waals surface area contributed by atoms with Crippen molar-refractivity contribution in [1.82, 2.24) is 4.98 Å². The van der Waals surface area contributed by atoms with Crippen molar-refractivity contribution >= 4 is 11.7 Å². The molecule has 1 saturated carbocycles. The Balaban J connectivity index is 1.99.